The molecule has 2 fully saturated rings. The number of hydrogen-bond donors (Lipinski definition) is 1. The Hall–Kier alpha value is -1.43. The predicted octanol–water partition coefficient (Wildman–Crippen LogP) is 4.46. The maximum atomic E-state index is 12.8. The molecule has 26 heavy (non-hydrogen) atoms. The molecule has 0 spiro atoms. The highest BCUT2D eigenvalue weighted by Crippen LogP contribution is 2.29. The average molecular weight is 378 g/mol. The number of nitrogens with zero attached hydrogens (tertiary/aromatic N) is 2. The van der Waals surface area contributed by atoms with Crippen LogP contribution >= 0.6 is 11.3 Å². The van der Waals surface area contributed by atoms with E-state index in [-0.39, 0.29) is 18.4 Å². The molecule has 0 bridgehead atoms. The van der Waals surface area contributed by atoms with Gasteiger partial charge in [-0.15, -0.1) is 11.3 Å². The number of nitrogens with one attached hydrogen (secondary N) is 1. The quantitative estimate of drug-likeness (QED) is 0.727. The van der Waals surface area contributed by atoms with Crippen molar-refractivity contribution in [2.24, 2.45) is 11.8 Å². The maximum absolute atomic E-state index is 12.8. The van der Waals surface area contributed by atoms with Crippen molar-refractivity contribution < 1.29 is 9.59 Å². The van der Waals surface area contributed by atoms with Gasteiger partial charge >= 0.3 is 0 Å². The van der Waals surface area contributed by atoms with Crippen LogP contribution in [-0.2, 0) is 9.59 Å². The number of carbonyl (C=O) groups excluding carboxylic acids is 2. The number of aromatic nitrogens is 1. The Morgan fingerprint density at radius 2 is 1.77 bits per heavy atom. The zero-order valence-corrected chi connectivity index (χ0v) is 16.4. The van der Waals surface area contributed by atoms with Crippen LogP contribution in [0, 0.1) is 11.8 Å². The van der Waals surface area contributed by atoms with Crippen LogP contribution < -0.4 is 5.32 Å². The Balaban J connectivity index is 1.54. The van der Waals surface area contributed by atoms with E-state index in [9.17, 15) is 9.59 Å². The monoisotopic (exact) mass is 377 g/mol. The summed E-state index contributed by atoms with van der Waals surface area (Å²) in [6.45, 7) is 0.883. The van der Waals surface area contributed by atoms with Gasteiger partial charge in [0.25, 0.3) is 0 Å². The fourth-order valence-electron chi connectivity index (χ4n) is 4.34. The van der Waals surface area contributed by atoms with Gasteiger partial charge < -0.3 is 10.2 Å². The summed E-state index contributed by atoms with van der Waals surface area (Å²) in [5, 5.41) is 5.25. The third-order valence-corrected chi connectivity index (χ3v) is 6.50. The lowest BCUT2D eigenvalue weighted by Gasteiger charge is -2.29. The summed E-state index contributed by atoms with van der Waals surface area (Å²) in [6.07, 6.45) is 14.5. The zero-order valence-electron chi connectivity index (χ0n) is 15.6. The average Bonchev–Trinajstić information content (AvgIpc) is 3.34. The molecule has 2 aliphatic carbocycles. The molecule has 1 heterocycles. The number of hydrogen-bond acceptors (Lipinski definition) is 4. The molecule has 0 saturated heterocycles. The molecule has 1 aromatic rings. The van der Waals surface area contributed by atoms with Gasteiger partial charge in [0.2, 0.25) is 11.8 Å². The summed E-state index contributed by atoms with van der Waals surface area (Å²) in [4.78, 5) is 31.1. The van der Waals surface area contributed by atoms with Crippen LogP contribution in [-0.4, -0.2) is 34.8 Å². The van der Waals surface area contributed by atoms with Crippen molar-refractivity contribution >= 4 is 28.3 Å². The van der Waals surface area contributed by atoms with E-state index in [4.69, 9.17) is 0 Å². The zero-order chi connectivity index (χ0) is 18.2. The van der Waals surface area contributed by atoms with Gasteiger partial charge in [-0.3, -0.25) is 9.59 Å². The van der Waals surface area contributed by atoms with Crippen LogP contribution in [0.4, 0.5) is 5.13 Å². The molecular weight excluding hydrogens is 346 g/mol. The van der Waals surface area contributed by atoms with Gasteiger partial charge in [-0.25, -0.2) is 4.98 Å². The Morgan fingerprint density at radius 1 is 1.08 bits per heavy atom. The van der Waals surface area contributed by atoms with Gasteiger partial charge in [0, 0.05) is 24.5 Å². The van der Waals surface area contributed by atoms with Crippen LogP contribution in [0.25, 0.3) is 0 Å². The van der Waals surface area contributed by atoms with Crippen molar-refractivity contribution in [1.29, 1.82) is 0 Å². The van der Waals surface area contributed by atoms with Crippen LogP contribution in [0.2, 0.25) is 0 Å². The summed E-state index contributed by atoms with van der Waals surface area (Å²) in [7, 11) is 0. The Labute approximate surface area is 160 Å². The first-order valence-corrected chi connectivity index (χ1v) is 11.1. The Bertz CT molecular complexity index is 564. The number of anilines is 1. The molecule has 0 radical (unpaired) electrons. The largest absolute Gasteiger partial charge is 0.333 e. The van der Waals surface area contributed by atoms with Crippen molar-refractivity contribution in [1.82, 2.24) is 9.88 Å². The fraction of sp³-hybridized carbons (Fsp3) is 0.750. The Morgan fingerprint density at radius 3 is 2.46 bits per heavy atom. The molecule has 0 aromatic carbocycles. The van der Waals surface area contributed by atoms with E-state index in [0.29, 0.717) is 23.4 Å². The summed E-state index contributed by atoms with van der Waals surface area (Å²) in [5.74, 6) is 1.27. The lowest BCUT2D eigenvalue weighted by atomic mass is 9.89. The molecule has 1 aromatic heterocycles. The molecule has 2 amide bonds. The lowest BCUT2D eigenvalue weighted by molar-refractivity contribution is -0.135. The number of rotatable bonds is 8. The highest BCUT2D eigenvalue weighted by Gasteiger charge is 2.24. The highest BCUT2D eigenvalue weighted by atomic mass is 32.1. The number of carbonyl (C=O) groups is 2. The second-order valence-corrected chi connectivity index (χ2v) is 8.75. The number of amides is 2. The minimum atomic E-state index is -0.134. The minimum absolute atomic E-state index is 0.134. The van der Waals surface area contributed by atoms with Gasteiger partial charge in [0.1, 0.15) is 0 Å². The maximum Gasteiger partial charge on any atom is 0.245 e. The van der Waals surface area contributed by atoms with Crippen LogP contribution in [0.3, 0.4) is 0 Å². The summed E-state index contributed by atoms with van der Waals surface area (Å²) in [6, 6.07) is 0. The summed E-state index contributed by atoms with van der Waals surface area (Å²) >= 11 is 1.40. The molecule has 0 unspecified atom stereocenters. The molecule has 2 saturated carbocycles. The van der Waals surface area contributed by atoms with E-state index in [1.807, 2.05) is 10.3 Å². The Kier molecular flexibility index (Phi) is 7.47. The molecule has 0 atom stereocenters. The second kappa shape index (κ2) is 10.0. The van der Waals surface area contributed by atoms with E-state index >= 15 is 0 Å². The van der Waals surface area contributed by atoms with E-state index in [1.165, 1.54) is 69.1 Å². The van der Waals surface area contributed by atoms with Crippen LogP contribution in [0.1, 0.15) is 70.6 Å². The van der Waals surface area contributed by atoms with Gasteiger partial charge in [-0.1, -0.05) is 44.9 Å². The molecule has 1 N–H and O–H groups in total. The second-order valence-electron chi connectivity index (χ2n) is 7.85. The van der Waals surface area contributed by atoms with Crippen molar-refractivity contribution in [3.63, 3.8) is 0 Å². The molecule has 5 nitrogen and oxygen atoms in total. The number of thiazole rings is 1. The first-order chi connectivity index (χ1) is 12.7. The van der Waals surface area contributed by atoms with Gasteiger partial charge in [-0.05, 0) is 31.1 Å². The molecule has 144 valence electrons. The topological polar surface area (TPSA) is 62.3 Å². The van der Waals surface area contributed by atoms with E-state index in [2.05, 4.69) is 10.3 Å². The van der Waals surface area contributed by atoms with Crippen LogP contribution in [0.15, 0.2) is 11.6 Å². The minimum Gasteiger partial charge on any atom is -0.333 e. The molecule has 3 rings (SSSR count). The highest BCUT2D eigenvalue weighted by molar-refractivity contribution is 7.13. The fourth-order valence-corrected chi connectivity index (χ4v) is 4.88. The summed E-state index contributed by atoms with van der Waals surface area (Å²) < 4.78 is 0. The predicted molar refractivity (Wildman–Crippen MR) is 105 cm³/mol. The lowest BCUT2D eigenvalue weighted by Crippen LogP contribution is -2.41. The third kappa shape index (κ3) is 6.08. The van der Waals surface area contributed by atoms with Gasteiger partial charge in [0.15, 0.2) is 5.13 Å². The van der Waals surface area contributed by atoms with Crippen molar-refractivity contribution in [3.05, 3.63) is 11.6 Å². The first kappa shape index (κ1) is 19.3. The van der Waals surface area contributed by atoms with Crippen molar-refractivity contribution in [2.75, 3.05) is 18.4 Å². The molecular formula is C20H31N3O2S. The normalized spacial score (nSPS) is 18.8. The van der Waals surface area contributed by atoms with Crippen LogP contribution in [0.5, 0.6) is 0 Å². The van der Waals surface area contributed by atoms with Crippen molar-refractivity contribution in [3.8, 4) is 0 Å². The van der Waals surface area contributed by atoms with E-state index < -0.39 is 0 Å². The standard InChI is InChI=1S/C20H31N3O2S/c24-18(22-20-21-12-13-26-20)15-23(14-17-8-2-1-3-9-17)19(25)11-10-16-6-4-5-7-16/h12-13,16-17H,1-11,14-15H2,(H,21,22,24). The summed E-state index contributed by atoms with van der Waals surface area (Å²) in [5.41, 5.74) is 0. The first-order valence-electron chi connectivity index (χ1n) is 10.2. The van der Waals surface area contributed by atoms with Gasteiger partial charge in [-0.2, -0.15) is 0 Å². The molecule has 0 aliphatic heterocycles. The SMILES string of the molecule is O=C(CN(CC1CCCCC1)C(=O)CCC1CCCC1)Nc1nccs1. The van der Waals surface area contributed by atoms with E-state index in [1.54, 1.807) is 6.20 Å². The third-order valence-electron chi connectivity index (χ3n) is 5.81. The smallest absolute Gasteiger partial charge is 0.245 e. The van der Waals surface area contributed by atoms with E-state index in [0.717, 1.165) is 13.0 Å². The van der Waals surface area contributed by atoms with Gasteiger partial charge in [0.05, 0.1) is 6.54 Å². The molecule has 2 aliphatic rings. The van der Waals surface area contributed by atoms with Crippen molar-refractivity contribution in [2.45, 2.75) is 70.6 Å². The molecule has 6 heteroatoms.